The van der Waals surface area contributed by atoms with Crippen molar-refractivity contribution in [3.63, 3.8) is 0 Å². The number of nitriles is 1. The van der Waals surface area contributed by atoms with Crippen LogP contribution in [0.15, 0.2) is 47.6 Å². The van der Waals surface area contributed by atoms with Gasteiger partial charge in [0.05, 0.1) is 10.5 Å². The monoisotopic (exact) mass is 587 g/mol. The molecular weight excluding hydrogens is 554 g/mol. The number of hydrogen-bond acceptors (Lipinski definition) is 6. The molecule has 12 heteroatoms. The van der Waals surface area contributed by atoms with Crippen LogP contribution >= 0.6 is 11.6 Å². The number of carbonyl (C=O) groups excluding carboxylic acids is 2. The summed E-state index contributed by atoms with van der Waals surface area (Å²) < 4.78 is 38.4. The first-order chi connectivity index (χ1) is 18.8. The molecular formula is C28H34ClN5O5S. The first-order valence-electron chi connectivity index (χ1n) is 13.2. The van der Waals surface area contributed by atoms with E-state index in [9.17, 15) is 23.3 Å². The molecule has 1 saturated heterocycles. The molecule has 3 heterocycles. The molecule has 0 saturated carbocycles. The molecule has 1 fully saturated rings. The van der Waals surface area contributed by atoms with E-state index in [1.54, 1.807) is 54.6 Å². The first kappa shape index (κ1) is 29.6. The first-order valence-corrected chi connectivity index (χ1v) is 15.1. The van der Waals surface area contributed by atoms with Crippen LogP contribution in [0.25, 0.3) is 10.9 Å². The van der Waals surface area contributed by atoms with Gasteiger partial charge in [-0.3, -0.25) is 9.36 Å². The van der Waals surface area contributed by atoms with Crippen molar-refractivity contribution in [3.05, 3.63) is 53.4 Å². The van der Waals surface area contributed by atoms with Crippen LogP contribution in [0, 0.1) is 17.2 Å². The Bertz CT molecular complexity index is 1560. The summed E-state index contributed by atoms with van der Waals surface area (Å²) in [5.41, 5.74) is -0.0307. The number of nitrogens with zero attached hydrogens (tertiary/aromatic N) is 4. The summed E-state index contributed by atoms with van der Waals surface area (Å²) in [5.74, 6) is 0.166. The molecule has 1 N–H and O–H groups in total. The number of ether oxygens (including phenoxy) is 1. The van der Waals surface area contributed by atoms with Crippen molar-refractivity contribution in [2.24, 2.45) is 5.92 Å². The van der Waals surface area contributed by atoms with Crippen LogP contribution < -0.4 is 4.72 Å². The number of halogens is 1. The molecule has 40 heavy (non-hydrogen) atoms. The molecule has 1 unspecified atom stereocenters. The van der Waals surface area contributed by atoms with E-state index in [2.05, 4.69) is 17.7 Å². The number of hydrogen-bond donors (Lipinski definition) is 1. The Balaban J connectivity index is 1.65. The van der Waals surface area contributed by atoms with Gasteiger partial charge in [0.1, 0.15) is 28.3 Å². The molecule has 0 spiro atoms. The summed E-state index contributed by atoms with van der Waals surface area (Å²) in [5, 5.41) is 9.87. The van der Waals surface area contributed by atoms with Crippen LogP contribution in [-0.4, -0.2) is 59.2 Å². The van der Waals surface area contributed by atoms with Gasteiger partial charge in [0.25, 0.3) is 0 Å². The summed E-state index contributed by atoms with van der Waals surface area (Å²) in [6.45, 7) is 8.68. The highest BCUT2D eigenvalue weighted by Gasteiger charge is 2.32. The molecule has 0 bridgehead atoms. The minimum absolute atomic E-state index is 0.0443. The van der Waals surface area contributed by atoms with Crippen LogP contribution in [0.3, 0.4) is 0 Å². The third-order valence-electron chi connectivity index (χ3n) is 6.92. The van der Waals surface area contributed by atoms with E-state index in [0.717, 1.165) is 12.8 Å². The lowest BCUT2D eigenvalue weighted by atomic mass is 9.98. The number of nitrogens with one attached hydrogen (secondary N) is 1. The zero-order valence-electron chi connectivity index (χ0n) is 23.1. The van der Waals surface area contributed by atoms with Crippen molar-refractivity contribution >= 4 is 44.5 Å². The maximum atomic E-state index is 13.7. The highest BCUT2D eigenvalue weighted by molar-refractivity contribution is 7.89. The van der Waals surface area contributed by atoms with Crippen molar-refractivity contribution in [1.82, 2.24) is 18.8 Å². The topological polar surface area (TPSA) is 126 Å². The number of amides is 1. The Kier molecular flexibility index (Phi) is 8.63. The van der Waals surface area contributed by atoms with Crippen LogP contribution in [0.2, 0.25) is 5.02 Å². The summed E-state index contributed by atoms with van der Waals surface area (Å²) in [6, 6.07) is 8.80. The van der Waals surface area contributed by atoms with Gasteiger partial charge in [0.15, 0.2) is 0 Å². The van der Waals surface area contributed by atoms with Crippen LogP contribution in [0.5, 0.6) is 0 Å². The Morgan fingerprint density at radius 3 is 2.55 bits per heavy atom. The van der Waals surface area contributed by atoms with Crippen molar-refractivity contribution in [1.29, 1.82) is 5.26 Å². The third kappa shape index (κ3) is 6.69. The number of likely N-dealkylation sites (tertiary alicyclic amines) is 1. The number of rotatable bonds is 7. The minimum atomic E-state index is -4.31. The molecule has 10 nitrogen and oxygen atoms in total. The standard InChI is InChI=1S/C28H34ClN5O5S/c1-19-7-12-33(13-8-19)26(35)23(10-14-32-11-5-6-21(32)18-30)31-40(37,38)25-17-24-20(16-22(25)29)9-15-34(24)27(36)39-28(2,3)4/h5-6,9,11,15-17,19,23,31H,7-8,10,12-14H2,1-4H3. The molecule has 214 valence electrons. The van der Waals surface area contributed by atoms with E-state index >= 15 is 0 Å². The molecule has 0 radical (unpaired) electrons. The van der Waals surface area contributed by atoms with Gasteiger partial charge in [-0.1, -0.05) is 18.5 Å². The fourth-order valence-corrected chi connectivity index (χ4v) is 6.50. The molecule has 4 rings (SSSR count). The van der Waals surface area contributed by atoms with Gasteiger partial charge in [-0.15, -0.1) is 0 Å². The smallest absolute Gasteiger partial charge is 0.418 e. The number of aromatic nitrogens is 2. The number of carbonyl (C=O) groups is 2. The summed E-state index contributed by atoms with van der Waals surface area (Å²) in [7, 11) is -4.31. The second-order valence-corrected chi connectivity index (χ2v) is 13.3. The lowest BCUT2D eigenvalue weighted by Crippen LogP contribution is -2.51. The summed E-state index contributed by atoms with van der Waals surface area (Å²) >= 11 is 6.43. The predicted molar refractivity (Wildman–Crippen MR) is 151 cm³/mol. The van der Waals surface area contributed by atoms with Crippen LogP contribution in [0.4, 0.5) is 4.79 Å². The summed E-state index contributed by atoms with van der Waals surface area (Å²) in [4.78, 5) is 27.8. The lowest BCUT2D eigenvalue weighted by Gasteiger charge is -2.33. The predicted octanol–water partition coefficient (Wildman–Crippen LogP) is 4.75. The second kappa shape index (κ2) is 11.6. The maximum Gasteiger partial charge on any atom is 0.418 e. The number of benzene rings is 1. The van der Waals surface area contributed by atoms with E-state index in [1.165, 1.54) is 22.9 Å². The van der Waals surface area contributed by atoms with Crippen molar-refractivity contribution in [2.45, 2.75) is 70.0 Å². The molecule has 1 amide bonds. The van der Waals surface area contributed by atoms with Gasteiger partial charge in [-0.05, 0) is 76.3 Å². The molecule has 1 aliphatic rings. The molecule has 1 aromatic carbocycles. The number of aryl methyl sites for hydroxylation is 1. The number of fused-ring (bicyclic) bond motifs is 1. The zero-order chi connectivity index (χ0) is 29.2. The third-order valence-corrected chi connectivity index (χ3v) is 8.85. The maximum absolute atomic E-state index is 13.7. The van der Waals surface area contributed by atoms with E-state index in [1.807, 2.05) is 0 Å². The fraction of sp³-hybridized carbons (Fsp3) is 0.464. The zero-order valence-corrected chi connectivity index (χ0v) is 24.6. The van der Waals surface area contributed by atoms with Crippen LogP contribution in [0.1, 0.15) is 52.7 Å². The largest absolute Gasteiger partial charge is 0.443 e. The van der Waals surface area contributed by atoms with Crippen molar-refractivity contribution in [3.8, 4) is 6.07 Å². The van der Waals surface area contributed by atoms with E-state index in [-0.39, 0.29) is 28.8 Å². The highest BCUT2D eigenvalue weighted by Crippen LogP contribution is 2.29. The Labute approximate surface area is 239 Å². The summed E-state index contributed by atoms with van der Waals surface area (Å²) in [6.07, 6.45) is 4.35. The average molecular weight is 588 g/mol. The fourth-order valence-electron chi connectivity index (χ4n) is 4.72. The number of sulfonamides is 1. The quantitative estimate of drug-likeness (QED) is 0.425. The van der Waals surface area contributed by atoms with Gasteiger partial charge in [-0.2, -0.15) is 9.98 Å². The molecule has 1 aliphatic heterocycles. The Morgan fingerprint density at radius 1 is 1.20 bits per heavy atom. The average Bonchev–Trinajstić information content (AvgIpc) is 3.51. The van der Waals surface area contributed by atoms with Gasteiger partial charge in [-0.25, -0.2) is 13.2 Å². The van der Waals surface area contributed by atoms with Gasteiger partial charge in [0.2, 0.25) is 15.9 Å². The molecule has 1 atom stereocenters. The molecule has 2 aromatic heterocycles. The molecule has 3 aromatic rings. The van der Waals surface area contributed by atoms with Crippen molar-refractivity contribution in [2.75, 3.05) is 13.1 Å². The minimum Gasteiger partial charge on any atom is -0.443 e. The van der Waals surface area contributed by atoms with Gasteiger partial charge in [0, 0.05) is 37.4 Å². The van der Waals surface area contributed by atoms with E-state index < -0.39 is 27.8 Å². The second-order valence-electron chi connectivity index (χ2n) is 11.2. The Hall–Kier alpha value is -3.33. The SMILES string of the molecule is CC1CCN(C(=O)C(CCn2cccc2C#N)NS(=O)(=O)c2cc3c(ccn3C(=O)OC(C)(C)C)cc2Cl)CC1. The lowest BCUT2D eigenvalue weighted by molar-refractivity contribution is -0.134. The highest BCUT2D eigenvalue weighted by atomic mass is 35.5. The Morgan fingerprint density at radius 2 is 1.90 bits per heavy atom. The molecule has 0 aliphatic carbocycles. The van der Waals surface area contributed by atoms with E-state index in [0.29, 0.717) is 35.6 Å². The van der Waals surface area contributed by atoms with Crippen LogP contribution in [-0.2, 0) is 26.1 Å². The van der Waals surface area contributed by atoms with Gasteiger partial charge >= 0.3 is 6.09 Å². The number of piperidine rings is 1. The normalized spacial score (nSPS) is 15.7. The van der Waals surface area contributed by atoms with E-state index in [4.69, 9.17) is 16.3 Å². The van der Waals surface area contributed by atoms with Gasteiger partial charge < -0.3 is 14.2 Å². The van der Waals surface area contributed by atoms with Crippen molar-refractivity contribution < 1.29 is 22.7 Å².